The molecule has 0 fully saturated rings. The molecule has 0 saturated heterocycles. The van der Waals surface area contributed by atoms with E-state index < -0.39 is 12.1 Å². The Labute approximate surface area is 93.6 Å². The van der Waals surface area contributed by atoms with E-state index in [9.17, 15) is 9.59 Å². The summed E-state index contributed by atoms with van der Waals surface area (Å²) < 4.78 is 9.10. The maximum Gasteiger partial charge on any atom is 0.414 e. The number of amides is 1. The summed E-state index contributed by atoms with van der Waals surface area (Å²) in [6, 6.07) is 8.77. The molecule has 0 bridgehead atoms. The number of hydrogen-bond acceptors (Lipinski definition) is 4. The highest BCUT2D eigenvalue weighted by atomic mass is 16.5. The molecule has 0 aromatic heterocycles. The van der Waals surface area contributed by atoms with Crippen molar-refractivity contribution >= 4 is 17.7 Å². The average molecular weight is 223 g/mol. The van der Waals surface area contributed by atoms with E-state index in [1.807, 2.05) is 6.07 Å². The second kappa shape index (κ2) is 5.75. The first-order valence-electron chi connectivity index (χ1n) is 4.66. The number of ether oxygens (including phenoxy) is 2. The summed E-state index contributed by atoms with van der Waals surface area (Å²) in [4.78, 5) is 23.8. The van der Waals surface area contributed by atoms with Crippen LogP contribution in [0.25, 0.3) is 0 Å². The highest BCUT2D eigenvalue weighted by molar-refractivity contribution is 5.93. The van der Waals surface area contributed by atoms with Gasteiger partial charge in [-0.05, 0) is 12.1 Å². The van der Waals surface area contributed by atoms with E-state index in [-0.39, 0.29) is 6.54 Å². The van der Waals surface area contributed by atoms with E-state index in [1.165, 1.54) is 19.1 Å². The first kappa shape index (κ1) is 12.0. The topological polar surface area (TPSA) is 55.8 Å². The predicted molar refractivity (Wildman–Crippen MR) is 58.2 cm³/mol. The molecule has 0 aliphatic rings. The number of esters is 1. The van der Waals surface area contributed by atoms with Gasteiger partial charge in [-0.3, -0.25) is 9.69 Å². The molecular weight excluding hydrogens is 210 g/mol. The Balaban J connectivity index is 2.88. The Morgan fingerprint density at radius 3 is 2.25 bits per heavy atom. The molecule has 5 heteroatoms. The molecule has 1 aromatic carbocycles. The average Bonchev–Trinajstić information content (AvgIpc) is 2.35. The van der Waals surface area contributed by atoms with Crippen molar-refractivity contribution in [3.63, 3.8) is 0 Å². The molecule has 0 saturated carbocycles. The SMILES string of the molecule is COC(=O)CN(C(=O)OC)c1ccccc1. The number of nitrogens with zero attached hydrogens (tertiary/aromatic N) is 1. The Hall–Kier alpha value is -2.04. The Morgan fingerprint density at radius 2 is 1.75 bits per heavy atom. The number of rotatable bonds is 3. The zero-order valence-corrected chi connectivity index (χ0v) is 9.17. The van der Waals surface area contributed by atoms with Gasteiger partial charge in [-0.25, -0.2) is 4.79 Å². The Bertz CT molecular complexity index is 364. The number of hydrogen-bond donors (Lipinski definition) is 0. The molecule has 0 atom stereocenters. The van der Waals surface area contributed by atoms with Crippen LogP contribution in [0, 0.1) is 0 Å². The quantitative estimate of drug-likeness (QED) is 0.727. The molecule has 0 aliphatic carbocycles. The van der Waals surface area contributed by atoms with Crippen molar-refractivity contribution in [3.8, 4) is 0 Å². The molecule has 86 valence electrons. The number of carbonyl (C=O) groups is 2. The normalized spacial score (nSPS) is 9.38. The van der Waals surface area contributed by atoms with Crippen molar-refractivity contribution in [2.24, 2.45) is 0 Å². The molecule has 1 aromatic rings. The van der Waals surface area contributed by atoms with Crippen molar-refractivity contribution < 1.29 is 19.1 Å². The number of para-hydroxylation sites is 1. The Morgan fingerprint density at radius 1 is 1.12 bits per heavy atom. The lowest BCUT2D eigenvalue weighted by Gasteiger charge is -2.19. The minimum absolute atomic E-state index is 0.173. The smallest absolute Gasteiger partial charge is 0.414 e. The zero-order valence-electron chi connectivity index (χ0n) is 9.17. The number of anilines is 1. The van der Waals surface area contributed by atoms with Crippen molar-refractivity contribution in [2.45, 2.75) is 0 Å². The molecule has 0 unspecified atom stereocenters. The molecular formula is C11H13NO4. The van der Waals surface area contributed by atoms with Gasteiger partial charge in [0.15, 0.2) is 0 Å². The second-order valence-corrected chi connectivity index (χ2v) is 2.97. The zero-order chi connectivity index (χ0) is 12.0. The third-order valence-electron chi connectivity index (χ3n) is 1.98. The van der Waals surface area contributed by atoms with Gasteiger partial charge in [-0.15, -0.1) is 0 Å². The van der Waals surface area contributed by atoms with Gasteiger partial charge in [-0.1, -0.05) is 18.2 Å². The molecule has 1 rings (SSSR count). The van der Waals surface area contributed by atoms with E-state index in [0.717, 1.165) is 0 Å². The molecule has 1 amide bonds. The van der Waals surface area contributed by atoms with Gasteiger partial charge < -0.3 is 9.47 Å². The second-order valence-electron chi connectivity index (χ2n) is 2.97. The van der Waals surface area contributed by atoms with Crippen LogP contribution in [0.2, 0.25) is 0 Å². The summed E-state index contributed by atoms with van der Waals surface area (Å²) in [5, 5.41) is 0. The molecule has 0 N–H and O–H groups in total. The highest BCUT2D eigenvalue weighted by Crippen LogP contribution is 2.14. The fraction of sp³-hybridized carbons (Fsp3) is 0.273. The monoisotopic (exact) mass is 223 g/mol. The number of methoxy groups -OCH3 is 2. The van der Waals surface area contributed by atoms with Gasteiger partial charge >= 0.3 is 12.1 Å². The fourth-order valence-electron chi connectivity index (χ4n) is 1.17. The number of carbonyl (C=O) groups excluding carboxylic acids is 2. The largest absolute Gasteiger partial charge is 0.468 e. The highest BCUT2D eigenvalue weighted by Gasteiger charge is 2.19. The summed E-state index contributed by atoms with van der Waals surface area (Å²) >= 11 is 0. The van der Waals surface area contributed by atoms with E-state index in [2.05, 4.69) is 9.47 Å². The predicted octanol–water partition coefficient (Wildman–Crippen LogP) is 1.43. The van der Waals surface area contributed by atoms with Crippen LogP contribution in [-0.4, -0.2) is 32.8 Å². The summed E-state index contributed by atoms with van der Waals surface area (Å²) in [6.07, 6.45) is -0.600. The van der Waals surface area contributed by atoms with Crippen molar-refractivity contribution in [3.05, 3.63) is 30.3 Å². The van der Waals surface area contributed by atoms with Crippen LogP contribution >= 0.6 is 0 Å². The van der Waals surface area contributed by atoms with Gasteiger partial charge in [0.1, 0.15) is 6.54 Å². The van der Waals surface area contributed by atoms with Gasteiger partial charge in [0.2, 0.25) is 0 Å². The van der Waals surface area contributed by atoms with Crippen molar-refractivity contribution in [1.29, 1.82) is 0 Å². The lowest BCUT2D eigenvalue weighted by molar-refractivity contribution is -0.138. The van der Waals surface area contributed by atoms with Gasteiger partial charge in [0.05, 0.1) is 14.2 Å². The molecule has 0 heterocycles. The van der Waals surface area contributed by atoms with Crippen LogP contribution in [0.5, 0.6) is 0 Å². The van der Waals surface area contributed by atoms with Crippen LogP contribution in [0.3, 0.4) is 0 Å². The fourth-order valence-corrected chi connectivity index (χ4v) is 1.17. The van der Waals surface area contributed by atoms with E-state index >= 15 is 0 Å². The molecule has 16 heavy (non-hydrogen) atoms. The van der Waals surface area contributed by atoms with E-state index in [1.54, 1.807) is 24.3 Å². The lowest BCUT2D eigenvalue weighted by atomic mass is 10.3. The van der Waals surface area contributed by atoms with E-state index in [0.29, 0.717) is 5.69 Å². The van der Waals surface area contributed by atoms with Gasteiger partial charge in [0.25, 0.3) is 0 Å². The molecule has 0 spiro atoms. The first-order chi connectivity index (χ1) is 7.69. The minimum atomic E-state index is -0.600. The molecule has 0 radical (unpaired) electrons. The van der Waals surface area contributed by atoms with Crippen LogP contribution in [0.4, 0.5) is 10.5 Å². The summed E-state index contributed by atoms with van der Waals surface area (Å²) in [7, 11) is 2.53. The van der Waals surface area contributed by atoms with Crippen LogP contribution < -0.4 is 4.90 Å². The lowest BCUT2D eigenvalue weighted by Crippen LogP contribution is -2.36. The minimum Gasteiger partial charge on any atom is -0.468 e. The number of benzene rings is 1. The third kappa shape index (κ3) is 2.98. The van der Waals surface area contributed by atoms with Crippen LogP contribution in [-0.2, 0) is 14.3 Å². The maximum atomic E-state index is 11.5. The standard InChI is InChI=1S/C11H13NO4/c1-15-10(13)8-12(11(14)16-2)9-6-4-3-5-7-9/h3-7H,8H2,1-2H3. The van der Waals surface area contributed by atoms with Crippen molar-refractivity contribution in [2.75, 3.05) is 25.7 Å². The molecule has 5 nitrogen and oxygen atoms in total. The summed E-state index contributed by atoms with van der Waals surface area (Å²) in [5.41, 5.74) is 0.583. The van der Waals surface area contributed by atoms with Gasteiger partial charge in [0, 0.05) is 5.69 Å². The van der Waals surface area contributed by atoms with Crippen molar-refractivity contribution in [1.82, 2.24) is 0 Å². The van der Waals surface area contributed by atoms with Crippen LogP contribution in [0.1, 0.15) is 0 Å². The van der Waals surface area contributed by atoms with Gasteiger partial charge in [-0.2, -0.15) is 0 Å². The maximum absolute atomic E-state index is 11.5. The summed E-state index contributed by atoms with van der Waals surface area (Å²) in [5.74, 6) is -0.505. The third-order valence-corrected chi connectivity index (χ3v) is 1.98. The molecule has 0 aliphatic heterocycles. The van der Waals surface area contributed by atoms with E-state index in [4.69, 9.17) is 0 Å². The first-order valence-corrected chi connectivity index (χ1v) is 4.66. The summed E-state index contributed by atoms with van der Waals surface area (Å²) in [6.45, 7) is -0.173. The van der Waals surface area contributed by atoms with Crippen LogP contribution in [0.15, 0.2) is 30.3 Å². The Kier molecular flexibility index (Phi) is 4.32.